The van der Waals surface area contributed by atoms with Crippen LogP contribution in [0.5, 0.6) is 5.75 Å². The molecular formula is C13H13N3O. The number of hydrogen-bond donors (Lipinski definition) is 1. The van der Waals surface area contributed by atoms with Crippen molar-refractivity contribution < 1.29 is 4.74 Å². The van der Waals surface area contributed by atoms with Crippen LogP contribution in [0.1, 0.15) is 0 Å². The zero-order valence-electron chi connectivity index (χ0n) is 9.50. The Hall–Kier alpha value is -2.36. The maximum atomic E-state index is 5.58. The third-order valence-electron chi connectivity index (χ3n) is 2.25. The van der Waals surface area contributed by atoms with E-state index in [0.717, 1.165) is 17.1 Å². The molecule has 86 valence electrons. The van der Waals surface area contributed by atoms with Gasteiger partial charge >= 0.3 is 0 Å². The Kier molecular flexibility index (Phi) is 3.35. The average Bonchev–Trinajstić information content (AvgIpc) is 2.39. The van der Waals surface area contributed by atoms with Crippen molar-refractivity contribution in [3.63, 3.8) is 0 Å². The van der Waals surface area contributed by atoms with Gasteiger partial charge in [0.25, 0.3) is 0 Å². The van der Waals surface area contributed by atoms with E-state index >= 15 is 0 Å². The van der Waals surface area contributed by atoms with Crippen LogP contribution >= 0.6 is 0 Å². The Bertz CT molecular complexity index is 503. The van der Waals surface area contributed by atoms with Gasteiger partial charge < -0.3 is 10.5 Å². The number of nitrogens with two attached hydrogens (primary N) is 1. The monoisotopic (exact) mass is 227 g/mol. The van der Waals surface area contributed by atoms with Crippen molar-refractivity contribution in [1.29, 1.82) is 0 Å². The number of hydrogen-bond acceptors (Lipinski definition) is 4. The number of azo groups is 1. The molecule has 2 N–H and O–H groups in total. The fourth-order valence-electron chi connectivity index (χ4n) is 1.31. The zero-order valence-corrected chi connectivity index (χ0v) is 9.50. The Labute approximate surface area is 99.8 Å². The molecule has 4 nitrogen and oxygen atoms in total. The quantitative estimate of drug-likeness (QED) is 0.642. The topological polar surface area (TPSA) is 60.0 Å². The van der Waals surface area contributed by atoms with E-state index < -0.39 is 0 Å². The number of nitrogen functional groups attached to an aromatic ring is 1. The Morgan fingerprint density at radius 3 is 1.76 bits per heavy atom. The zero-order chi connectivity index (χ0) is 12.1. The number of methoxy groups -OCH3 is 1. The third-order valence-corrected chi connectivity index (χ3v) is 2.25. The first kappa shape index (κ1) is 11.1. The van der Waals surface area contributed by atoms with Crippen LogP contribution < -0.4 is 10.5 Å². The lowest BCUT2D eigenvalue weighted by atomic mass is 10.3. The van der Waals surface area contributed by atoms with Crippen molar-refractivity contribution in [2.45, 2.75) is 0 Å². The number of ether oxygens (including phenoxy) is 1. The summed E-state index contributed by atoms with van der Waals surface area (Å²) < 4.78 is 5.06. The van der Waals surface area contributed by atoms with Crippen molar-refractivity contribution >= 4 is 17.1 Å². The van der Waals surface area contributed by atoms with Crippen molar-refractivity contribution in [2.24, 2.45) is 10.2 Å². The van der Waals surface area contributed by atoms with Crippen LogP contribution in [0.25, 0.3) is 0 Å². The molecule has 0 unspecified atom stereocenters. The first-order chi connectivity index (χ1) is 8.28. The van der Waals surface area contributed by atoms with Crippen LogP contribution in [-0.2, 0) is 0 Å². The molecule has 0 amide bonds. The van der Waals surface area contributed by atoms with E-state index in [1.54, 1.807) is 19.2 Å². The van der Waals surface area contributed by atoms with Gasteiger partial charge in [0, 0.05) is 5.69 Å². The van der Waals surface area contributed by atoms with Crippen LogP contribution in [0.2, 0.25) is 0 Å². The summed E-state index contributed by atoms with van der Waals surface area (Å²) in [5.41, 5.74) is 7.85. The predicted molar refractivity (Wildman–Crippen MR) is 68.0 cm³/mol. The maximum absolute atomic E-state index is 5.58. The van der Waals surface area contributed by atoms with Crippen LogP contribution in [0.15, 0.2) is 58.8 Å². The summed E-state index contributed by atoms with van der Waals surface area (Å²) >= 11 is 0. The fraction of sp³-hybridized carbons (Fsp3) is 0.0769. The highest BCUT2D eigenvalue weighted by Gasteiger charge is 1.92. The predicted octanol–water partition coefficient (Wildman–Crippen LogP) is 3.69. The van der Waals surface area contributed by atoms with E-state index in [0.29, 0.717) is 5.69 Å². The van der Waals surface area contributed by atoms with Gasteiger partial charge in [-0.25, -0.2) is 0 Å². The Morgan fingerprint density at radius 1 is 0.824 bits per heavy atom. The van der Waals surface area contributed by atoms with E-state index in [9.17, 15) is 0 Å². The largest absolute Gasteiger partial charge is 0.497 e. The lowest BCUT2D eigenvalue weighted by molar-refractivity contribution is 0.415. The first-order valence-electron chi connectivity index (χ1n) is 5.19. The summed E-state index contributed by atoms with van der Waals surface area (Å²) in [5.74, 6) is 0.802. The average molecular weight is 227 g/mol. The first-order valence-corrected chi connectivity index (χ1v) is 5.19. The number of anilines is 1. The minimum absolute atomic E-state index is 0.716. The van der Waals surface area contributed by atoms with E-state index in [2.05, 4.69) is 10.2 Å². The molecule has 0 aliphatic rings. The van der Waals surface area contributed by atoms with Gasteiger partial charge in [0.05, 0.1) is 18.5 Å². The number of rotatable bonds is 3. The Morgan fingerprint density at radius 2 is 1.29 bits per heavy atom. The summed E-state index contributed by atoms with van der Waals surface area (Å²) in [4.78, 5) is 0. The van der Waals surface area contributed by atoms with Crippen molar-refractivity contribution in [2.75, 3.05) is 12.8 Å². The van der Waals surface area contributed by atoms with Gasteiger partial charge in [-0.15, -0.1) is 0 Å². The molecule has 0 spiro atoms. The normalized spacial score (nSPS) is 10.6. The van der Waals surface area contributed by atoms with Gasteiger partial charge in [0.15, 0.2) is 0 Å². The van der Waals surface area contributed by atoms with Crippen LogP contribution in [0.4, 0.5) is 17.1 Å². The molecule has 0 saturated heterocycles. The summed E-state index contributed by atoms with van der Waals surface area (Å²) in [6, 6.07) is 14.6. The molecule has 2 rings (SSSR count). The second-order valence-electron chi connectivity index (χ2n) is 3.49. The van der Waals surface area contributed by atoms with Crippen molar-refractivity contribution in [3.05, 3.63) is 48.5 Å². The highest BCUT2D eigenvalue weighted by molar-refractivity contribution is 5.48. The Balaban J connectivity index is 2.11. The van der Waals surface area contributed by atoms with Gasteiger partial charge in [0.2, 0.25) is 0 Å². The summed E-state index contributed by atoms with van der Waals surface area (Å²) in [5, 5.41) is 8.21. The molecule has 17 heavy (non-hydrogen) atoms. The lowest BCUT2D eigenvalue weighted by Gasteiger charge is -1.98. The molecular weight excluding hydrogens is 214 g/mol. The number of nitrogens with zero attached hydrogens (tertiary/aromatic N) is 2. The number of benzene rings is 2. The fourth-order valence-corrected chi connectivity index (χ4v) is 1.31. The van der Waals surface area contributed by atoms with Crippen LogP contribution in [-0.4, -0.2) is 7.11 Å². The van der Waals surface area contributed by atoms with Crippen LogP contribution in [0.3, 0.4) is 0 Å². The highest BCUT2D eigenvalue weighted by atomic mass is 16.5. The molecule has 0 aliphatic heterocycles. The summed E-state index contributed by atoms with van der Waals surface area (Å²) in [6.45, 7) is 0. The molecule has 0 bridgehead atoms. The SMILES string of the molecule is COc1ccc(/N=N/c2ccc(N)cc2)cc1. The van der Waals surface area contributed by atoms with Crippen LogP contribution in [0, 0.1) is 0 Å². The van der Waals surface area contributed by atoms with Crippen molar-refractivity contribution in [1.82, 2.24) is 0 Å². The standard InChI is InChI=1S/C13H13N3O/c1-17-13-8-6-12(7-9-13)16-15-11-4-2-10(14)3-5-11/h2-9H,14H2,1H3/b16-15+. The van der Waals surface area contributed by atoms with E-state index in [-0.39, 0.29) is 0 Å². The molecule has 2 aromatic rings. The van der Waals surface area contributed by atoms with E-state index in [1.165, 1.54) is 0 Å². The second-order valence-corrected chi connectivity index (χ2v) is 3.49. The molecule has 4 heteroatoms. The van der Waals surface area contributed by atoms with Gasteiger partial charge in [-0.2, -0.15) is 10.2 Å². The van der Waals surface area contributed by atoms with Gasteiger partial charge in [-0.3, -0.25) is 0 Å². The molecule has 2 aromatic carbocycles. The lowest BCUT2D eigenvalue weighted by Crippen LogP contribution is -1.80. The summed E-state index contributed by atoms with van der Waals surface area (Å²) in [7, 11) is 1.63. The molecule has 0 heterocycles. The van der Waals surface area contributed by atoms with E-state index in [1.807, 2.05) is 36.4 Å². The van der Waals surface area contributed by atoms with E-state index in [4.69, 9.17) is 10.5 Å². The second kappa shape index (κ2) is 5.12. The van der Waals surface area contributed by atoms with Gasteiger partial charge in [-0.05, 0) is 48.5 Å². The molecule has 0 radical (unpaired) electrons. The molecule has 0 aliphatic carbocycles. The minimum Gasteiger partial charge on any atom is -0.497 e. The van der Waals surface area contributed by atoms with Gasteiger partial charge in [-0.1, -0.05) is 0 Å². The molecule has 0 atom stereocenters. The molecule has 0 fully saturated rings. The molecule has 0 aromatic heterocycles. The van der Waals surface area contributed by atoms with Gasteiger partial charge in [0.1, 0.15) is 5.75 Å². The minimum atomic E-state index is 0.716. The highest BCUT2D eigenvalue weighted by Crippen LogP contribution is 2.21. The molecule has 0 saturated carbocycles. The third kappa shape index (κ3) is 3.04. The maximum Gasteiger partial charge on any atom is 0.119 e. The smallest absolute Gasteiger partial charge is 0.119 e. The summed E-state index contributed by atoms with van der Waals surface area (Å²) in [6.07, 6.45) is 0. The van der Waals surface area contributed by atoms with Crippen molar-refractivity contribution in [3.8, 4) is 5.75 Å².